The molecule has 5 nitrogen and oxygen atoms in total. The van der Waals surface area contributed by atoms with E-state index in [0.717, 1.165) is 13.0 Å². The number of ether oxygens (including phenoxy) is 1. The molecule has 0 aliphatic carbocycles. The molecular formula is C20H23N3O2. The minimum atomic E-state index is -0.270. The summed E-state index contributed by atoms with van der Waals surface area (Å²) >= 11 is 0. The van der Waals surface area contributed by atoms with Gasteiger partial charge in [-0.3, -0.25) is 14.7 Å². The number of rotatable bonds is 3. The highest BCUT2D eigenvalue weighted by Crippen LogP contribution is 2.34. The summed E-state index contributed by atoms with van der Waals surface area (Å²) in [6, 6.07) is 14.5. The van der Waals surface area contributed by atoms with E-state index in [1.54, 1.807) is 24.5 Å². The molecular weight excluding hydrogens is 314 g/mol. The largest absolute Gasteiger partial charge is 0.355 e. The molecule has 1 N–H and O–H groups in total. The molecule has 0 spiro atoms. The van der Waals surface area contributed by atoms with Gasteiger partial charge in [-0.05, 0) is 37.1 Å². The Hall–Kier alpha value is -2.24. The van der Waals surface area contributed by atoms with E-state index in [9.17, 15) is 4.79 Å². The van der Waals surface area contributed by atoms with Gasteiger partial charge in [-0.2, -0.15) is 0 Å². The topological polar surface area (TPSA) is 54.5 Å². The Morgan fingerprint density at radius 2 is 2.04 bits per heavy atom. The van der Waals surface area contributed by atoms with Crippen LogP contribution in [0.5, 0.6) is 0 Å². The fraction of sp³-hybridized carbons (Fsp3) is 0.400. The average molecular weight is 337 g/mol. The van der Waals surface area contributed by atoms with Crippen LogP contribution in [-0.2, 0) is 4.74 Å². The molecule has 0 saturated carbocycles. The van der Waals surface area contributed by atoms with E-state index in [1.165, 1.54) is 18.4 Å². The van der Waals surface area contributed by atoms with Crippen LogP contribution in [0.15, 0.2) is 54.9 Å². The van der Waals surface area contributed by atoms with Crippen LogP contribution in [0.3, 0.4) is 0 Å². The van der Waals surface area contributed by atoms with Gasteiger partial charge in [0.1, 0.15) is 6.23 Å². The number of carbonyl (C=O) groups excluding carboxylic acids is 1. The summed E-state index contributed by atoms with van der Waals surface area (Å²) in [5.41, 5.74) is 1.85. The summed E-state index contributed by atoms with van der Waals surface area (Å²) in [5, 5.41) is 3.06. The summed E-state index contributed by atoms with van der Waals surface area (Å²) in [7, 11) is 0. The van der Waals surface area contributed by atoms with Crippen molar-refractivity contribution in [2.75, 3.05) is 13.2 Å². The van der Waals surface area contributed by atoms with Crippen molar-refractivity contribution in [1.29, 1.82) is 0 Å². The number of nitrogens with zero attached hydrogens (tertiary/aromatic N) is 2. The molecule has 1 aromatic carbocycles. The van der Waals surface area contributed by atoms with Gasteiger partial charge in [-0.1, -0.05) is 36.8 Å². The molecule has 25 heavy (non-hydrogen) atoms. The number of nitrogens with one attached hydrogen (secondary N) is 1. The molecule has 0 bridgehead atoms. The van der Waals surface area contributed by atoms with Crippen molar-refractivity contribution in [3.05, 3.63) is 66.0 Å². The molecule has 5 heteroatoms. The van der Waals surface area contributed by atoms with E-state index in [0.29, 0.717) is 12.2 Å². The Morgan fingerprint density at radius 1 is 1.16 bits per heavy atom. The number of piperidine rings is 1. The smallest absolute Gasteiger partial charge is 0.254 e. The number of benzene rings is 1. The Kier molecular flexibility index (Phi) is 4.76. The maximum absolute atomic E-state index is 12.5. The van der Waals surface area contributed by atoms with Crippen LogP contribution in [-0.4, -0.2) is 41.2 Å². The van der Waals surface area contributed by atoms with Gasteiger partial charge in [0.15, 0.2) is 0 Å². The average Bonchev–Trinajstić information content (AvgIpc) is 2.69. The van der Waals surface area contributed by atoms with Crippen LogP contribution in [0.4, 0.5) is 0 Å². The number of pyridine rings is 1. The SMILES string of the molecule is O=C(N[C@@H]1OC[C@@H](c2ccccc2)N2CCCC[C@@H]12)c1cccnc1. The first-order valence-corrected chi connectivity index (χ1v) is 8.96. The molecule has 2 aliphatic heterocycles. The molecule has 2 aromatic rings. The van der Waals surface area contributed by atoms with E-state index < -0.39 is 0 Å². The molecule has 130 valence electrons. The zero-order valence-corrected chi connectivity index (χ0v) is 14.2. The number of carbonyl (C=O) groups is 1. The molecule has 2 fully saturated rings. The lowest BCUT2D eigenvalue weighted by Gasteiger charge is -2.48. The molecule has 3 atom stereocenters. The highest BCUT2D eigenvalue weighted by atomic mass is 16.5. The van der Waals surface area contributed by atoms with Crippen molar-refractivity contribution >= 4 is 5.91 Å². The summed E-state index contributed by atoms with van der Waals surface area (Å²) in [6.07, 6.45) is 6.40. The van der Waals surface area contributed by atoms with Gasteiger partial charge in [-0.15, -0.1) is 0 Å². The lowest BCUT2D eigenvalue weighted by Crippen LogP contribution is -2.60. The third-order valence-corrected chi connectivity index (χ3v) is 5.16. The second-order valence-electron chi connectivity index (χ2n) is 6.70. The first-order valence-electron chi connectivity index (χ1n) is 8.96. The number of morpholine rings is 1. The monoisotopic (exact) mass is 337 g/mol. The first kappa shape index (κ1) is 16.2. The minimum Gasteiger partial charge on any atom is -0.355 e. The van der Waals surface area contributed by atoms with Crippen molar-refractivity contribution in [2.24, 2.45) is 0 Å². The number of fused-ring (bicyclic) bond motifs is 1. The molecule has 4 rings (SSSR count). The fourth-order valence-electron chi connectivity index (χ4n) is 3.90. The van der Waals surface area contributed by atoms with Crippen LogP contribution in [0.25, 0.3) is 0 Å². The molecule has 2 saturated heterocycles. The van der Waals surface area contributed by atoms with Crippen LogP contribution in [0, 0.1) is 0 Å². The maximum Gasteiger partial charge on any atom is 0.254 e. The summed E-state index contributed by atoms with van der Waals surface area (Å²) in [5.74, 6) is -0.123. The van der Waals surface area contributed by atoms with Gasteiger partial charge in [0.05, 0.1) is 24.3 Å². The zero-order valence-electron chi connectivity index (χ0n) is 14.2. The summed E-state index contributed by atoms with van der Waals surface area (Å²) in [4.78, 5) is 19.0. The standard InChI is InChI=1S/C20H23N3O2/c24-19(16-9-6-11-21-13-16)22-20-17-10-4-5-12-23(17)18(14-25-20)15-7-2-1-3-8-15/h1-3,6-9,11,13,17-18,20H,4-5,10,12,14H2,(H,22,24)/t17-,18-,20+/m0/s1. The van der Waals surface area contributed by atoms with Crippen molar-refractivity contribution in [3.8, 4) is 0 Å². The molecule has 0 unspecified atom stereocenters. The van der Waals surface area contributed by atoms with Gasteiger partial charge >= 0.3 is 0 Å². The maximum atomic E-state index is 12.5. The lowest BCUT2D eigenvalue weighted by molar-refractivity contribution is -0.125. The van der Waals surface area contributed by atoms with E-state index in [2.05, 4.69) is 39.5 Å². The molecule has 2 aliphatic rings. The molecule has 0 radical (unpaired) electrons. The second-order valence-corrected chi connectivity index (χ2v) is 6.70. The van der Waals surface area contributed by atoms with Gasteiger partial charge < -0.3 is 10.1 Å². The van der Waals surface area contributed by atoms with Crippen LogP contribution in [0.2, 0.25) is 0 Å². The first-order chi connectivity index (χ1) is 12.3. The Balaban J connectivity index is 1.51. The van der Waals surface area contributed by atoms with Crippen molar-refractivity contribution in [1.82, 2.24) is 15.2 Å². The minimum absolute atomic E-state index is 0.123. The Bertz CT molecular complexity index is 707. The van der Waals surface area contributed by atoms with Crippen molar-refractivity contribution in [2.45, 2.75) is 37.6 Å². The van der Waals surface area contributed by atoms with E-state index in [1.807, 2.05) is 6.07 Å². The van der Waals surface area contributed by atoms with Gasteiger partial charge in [0.25, 0.3) is 5.91 Å². The van der Waals surface area contributed by atoms with Crippen molar-refractivity contribution in [3.63, 3.8) is 0 Å². The molecule has 1 aromatic heterocycles. The highest BCUT2D eigenvalue weighted by molar-refractivity contribution is 5.93. The molecule has 1 amide bonds. The van der Waals surface area contributed by atoms with E-state index >= 15 is 0 Å². The predicted molar refractivity (Wildman–Crippen MR) is 95.0 cm³/mol. The highest BCUT2D eigenvalue weighted by Gasteiger charge is 2.40. The van der Waals surface area contributed by atoms with Gasteiger partial charge in [-0.25, -0.2) is 0 Å². The normalized spacial score (nSPS) is 26.6. The van der Waals surface area contributed by atoms with Crippen LogP contribution >= 0.6 is 0 Å². The third kappa shape index (κ3) is 3.43. The predicted octanol–water partition coefficient (Wildman–Crippen LogP) is 2.76. The Morgan fingerprint density at radius 3 is 2.84 bits per heavy atom. The van der Waals surface area contributed by atoms with Gasteiger partial charge in [0.2, 0.25) is 0 Å². The van der Waals surface area contributed by atoms with E-state index in [4.69, 9.17) is 4.74 Å². The summed E-state index contributed by atoms with van der Waals surface area (Å²) < 4.78 is 6.11. The van der Waals surface area contributed by atoms with Crippen molar-refractivity contribution < 1.29 is 9.53 Å². The second kappa shape index (κ2) is 7.33. The number of amides is 1. The Labute approximate surface area is 148 Å². The quantitative estimate of drug-likeness (QED) is 0.936. The van der Waals surface area contributed by atoms with Gasteiger partial charge in [0, 0.05) is 12.4 Å². The number of hydrogen-bond donors (Lipinski definition) is 1. The molecule has 3 heterocycles. The third-order valence-electron chi connectivity index (χ3n) is 5.16. The lowest BCUT2D eigenvalue weighted by atomic mass is 9.93. The number of hydrogen-bond acceptors (Lipinski definition) is 4. The summed E-state index contributed by atoms with van der Waals surface area (Å²) in [6.45, 7) is 1.64. The van der Waals surface area contributed by atoms with E-state index in [-0.39, 0.29) is 24.2 Å². The fourth-order valence-corrected chi connectivity index (χ4v) is 3.90. The number of aromatic nitrogens is 1. The van der Waals surface area contributed by atoms with Crippen LogP contribution < -0.4 is 5.32 Å². The zero-order chi connectivity index (χ0) is 17.1. The van der Waals surface area contributed by atoms with Crippen LogP contribution in [0.1, 0.15) is 41.2 Å².